The summed E-state index contributed by atoms with van der Waals surface area (Å²) in [5.74, 6) is 1.08. The standard InChI is InChI=1S/C14H20N2O2S2/c1-11(10-20(2,17)18)15-14-16-13(9-19-14)8-12-6-4-3-5-7-12/h3-7,11,13H,8-10H2,1-2H3,(H,15,16). The Labute approximate surface area is 125 Å². The van der Waals surface area contributed by atoms with Gasteiger partial charge in [-0.3, -0.25) is 4.99 Å². The minimum absolute atomic E-state index is 0.105. The molecule has 1 aromatic carbocycles. The first-order valence-electron chi connectivity index (χ1n) is 6.61. The van der Waals surface area contributed by atoms with Crippen molar-refractivity contribution in [3.63, 3.8) is 0 Å². The monoisotopic (exact) mass is 312 g/mol. The van der Waals surface area contributed by atoms with E-state index in [2.05, 4.69) is 22.4 Å². The molecule has 0 bridgehead atoms. The third kappa shape index (κ3) is 5.17. The molecule has 6 heteroatoms. The second-order valence-electron chi connectivity index (χ2n) is 5.23. The van der Waals surface area contributed by atoms with Crippen molar-refractivity contribution in [2.45, 2.75) is 25.4 Å². The Morgan fingerprint density at radius 2 is 2.10 bits per heavy atom. The number of sulfone groups is 1. The molecule has 1 aliphatic heterocycles. The van der Waals surface area contributed by atoms with Crippen LogP contribution in [0, 0.1) is 0 Å². The van der Waals surface area contributed by atoms with Crippen molar-refractivity contribution in [1.29, 1.82) is 0 Å². The van der Waals surface area contributed by atoms with E-state index in [-0.39, 0.29) is 17.8 Å². The lowest BCUT2D eigenvalue weighted by molar-refractivity contribution is 0.591. The van der Waals surface area contributed by atoms with Gasteiger partial charge in [0.1, 0.15) is 9.84 Å². The van der Waals surface area contributed by atoms with Gasteiger partial charge in [-0.15, -0.1) is 0 Å². The van der Waals surface area contributed by atoms with Gasteiger partial charge in [0.15, 0.2) is 5.17 Å². The van der Waals surface area contributed by atoms with Crippen LogP contribution in [0.2, 0.25) is 0 Å². The van der Waals surface area contributed by atoms with E-state index in [1.54, 1.807) is 11.8 Å². The Bertz CT molecular complexity index is 570. The summed E-state index contributed by atoms with van der Waals surface area (Å²) >= 11 is 1.67. The molecular formula is C14H20N2O2S2. The zero-order valence-electron chi connectivity index (χ0n) is 11.7. The van der Waals surface area contributed by atoms with Gasteiger partial charge in [0.2, 0.25) is 0 Å². The van der Waals surface area contributed by atoms with E-state index in [4.69, 9.17) is 0 Å². The van der Waals surface area contributed by atoms with Crippen molar-refractivity contribution in [3.8, 4) is 0 Å². The first kappa shape index (κ1) is 15.4. The van der Waals surface area contributed by atoms with Gasteiger partial charge < -0.3 is 5.32 Å². The summed E-state index contributed by atoms with van der Waals surface area (Å²) in [6, 6.07) is 10.5. The minimum Gasteiger partial charge on any atom is -0.361 e. The molecule has 0 saturated heterocycles. The fraction of sp³-hybridized carbons (Fsp3) is 0.500. The number of amidine groups is 1. The molecule has 2 unspecified atom stereocenters. The molecular weight excluding hydrogens is 292 g/mol. The van der Waals surface area contributed by atoms with E-state index in [1.165, 1.54) is 11.8 Å². The van der Waals surface area contributed by atoms with Crippen molar-refractivity contribution in [3.05, 3.63) is 35.9 Å². The Kier molecular flexibility index (Phi) is 5.10. The number of thioether (sulfide) groups is 1. The van der Waals surface area contributed by atoms with E-state index in [0.717, 1.165) is 17.3 Å². The number of benzene rings is 1. The topological polar surface area (TPSA) is 58.5 Å². The fourth-order valence-corrected chi connectivity index (χ4v) is 4.23. The second kappa shape index (κ2) is 6.63. The summed E-state index contributed by atoms with van der Waals surface area (Å²) in [5, 5.41) is 4.05. The lowest BCUT2D eigenvalue weighted by Gasteiger charge is -2.12. The summed E-state index contributed by atoms with van der Waals surface area (Å²) in [7, 11) is -2.95. The summed E-state index contributed by atoms with van der Waals surface area (Å²) in [4.78, 5) is 4.63. The highest BCUT2D eigenvalue weighted by atomic mass is 32.2. The summed E-state index contributed by atoms with van der Waals surface area (Å²) in [5.41, 5.74) is 1.28. The highest BCUT2D eigenvalue weighted by molar-refractivity contribution is 8.14. The van der Waals surface area contributed by atoms with Crippen molar-refractivity contribution in [2.75, 3.05) is 17.8 Å². The van der Waals surface area contributed by atoms with Crippen LogP contribution in [0.15, 0.2) is 35.3 Å². The lowest BCUT2D eigenvalue weighted by atomic mass is 10.1. The third-order valence-electron chi connectivity index (χ3n) is 2.95. The molecule has 0 amide bonds. The Hall–Kier alpha value is -1.01. The molecule has 0 aromatic heterocycles. The molecule has 1 aliphatic rings. The molecule has 1 N–H and O–H groups in total. The van der Waals surface area contributed by atoms with Crippen molar-refractivity contribution in [2.24, 2.45) is 4.99 Å². The van der Waals surface area contributed by atoms with E-state index in [0.29, 0.717) is 0 Å². The maximum atomic E-state index is 11.2. The number of rotatable bonds is 5. The van der Waals surface area contributed by atoms with Gasteiger partial charge in [-0.25, -0.2) is 8.42 Å². The first-order chi connectivity index (χ1) is 9.42. The highest BCUT2D eigenvalue weighted by Gasteiger charge is 2.20. The van der Waals surface area contributed by atoms with E-state index in [1.807, 2.05) is 25.1 Å². The quantitative estimate of drug-likeness (QED) is 0.899. The van der Waals surface area contributed by atoms with Crippen molar-refractivity contribution < 1.29 is 8.42 Å². The molecule has 2 rings (SSSR count). The Balaban J connectivity index is 1.87. The van der Waals surface area contributed by atoms with Gasteiger partial charge >= 0.3 is 0 Å². The van der Waals surface area contributed by atoms with Crippen LogP contribution in [0.5, 0.6) is 0 Å². The van der Waals surface area contributed by atoms with Crippen LogP contribution in [0.25, 0.3) is 0 Å². The Morgan fingerprint density at radius 3 is 2.75 bits per heavy atom. The van der Waals surface area contributed by atoms with Crippen LogP contribution >= 0.6 is 11.8 Å². The molecule has 0 fully saturated rings. The number of hydrogen-bond acceptors (Lipinski definition) is 5. The van der Waals surface area contributed by atoms with Crippen LogP contribution < -0.4 is 5.32 Å². The molecule has 1 aromatic rings. The van der Waals surface area contributed by atoms with Crippen LogP contribution in [0.1, 0.15) is 12.5 Å². The Morgan fingerprint density at radius 1 is 1.40 bits per heavy atom. The predicted octanol–water partition coefficient (Wildman–Crippen LogP) is 1.72. The molecule has 110 valence electrons. The van der Waals surface area contributed by atoms with E-state index in [9.17, 15) is 8.42 Å². The maximum Gasteiger partial charge on any atom is 0.157 e. The van der Waals surface area contributed by atoms with Crippen LogP contribution in [-0.4, -0.2) is 43.4 Å². The number of hydrogen-bond donors (Lipinski definition) is 1. The van der Waals surface area contributed by atoms with Crippen LogP contribution in [0.3, 0.4) is 0 Å². The molecule has 2 atom stereocenters. The van der Waals surface area contributed by atoms with Gasteiger partial charge in [0, 0.05) is 18.1 Å². The van der Waals surface area contributed by atoms with Gasteiger partial charge in [-0.1, -0.05) is 42.1 Å². The normalized spacial score (nSPS) is 20.5. The SMILES string of the molecule is CC(CS(C)(=O)=O)NC1=NC(Cc2ccccc2)CS1. The van der Waals surface area contributed by atoms with Crippen molar-refractivity contribution in [1.82, 2.24) is 5.32 Å². The lowest BCUT2D eigenvalue weighted by Crippen LogP contribution is -2.35. The molecule has 20 heavy (non-hydrogen) atoms. The molecule has 1 heterocycles. The molecule has 0 aliphatic carbocycles. The van der Waals surface area contributed by atoms with Gasteiger partial charge in [-0.2, -0.15) is 0 Å². The summed E-state index contributed by atoms with van der Waals surface area (Å²) in [6.07, 6.45) is 2.19. The number of nitrogens with one attached hydrogen (secondary N) is 1. The van der Waals surface area contributed by atoms with Crippen molar-refractivity contribution >= 4 is 26.8 Å². The molecule has 4 nitrogen and oxygen atoms in total. The summed E-state index contributed by atoms with van der Waals surface area (Å²) < 4.78 is 22.5. The van der Waals surface area contributed by atoms with E-state index >= 15 is 0 Å². The predicted molar refractivity (Wildman–Crippen MR) is 86.1 cm³/mol. The van der Waals surface area contributed by atoms with E-state index < -0.39 is 9.84 Å². The smallest absolute Gasteiger partial charge is 0.157 e. The molecule has 0 saturated carbocycles. The molecule has 0 spiro atoms. The zero-order chi connectivity index (χ0) is 14.6. The largest absolute Gasteiger partial charge is 0.361 e. The second-order valence-corrected chi connectivity index (χ2v) is 8.42. The average molecular weight is 312 g/mol. The fourth-order valence-electron chi connectivity index (χ4n) is 2.19. The summed E-state index contributed by atoms with van der Waals surface area (Å²) in [6.45, 7) is 1.87. The third-order valence-corrected chi connectivity index (χ3v) is 5.10. The van der Waals surface area contributed by atoms with Gasteiger partial charge in [0.05, 0.1) is 11.8 Å². The minimum atomic E-state index is -2.95. The van der Waals surface area contributed by atoms with Gasteiger partial charge in [0.25, 0.3) is 0 Å². The van der Waals surface area contributed by atoms with Crippen LogP contribution in [-0.2, 0) is 16.3 Å². The first-order valence-corrected chi connectivity index (χ1v) is 9.66. The van der Waals surface area contributed by atoms with Crippen LogP contribution in [0.4, 0.5) is 0 Å². The highest BCUT2D eigenvalue weighted by Crippen LogP contribution is 2.20. The molecule has 0 radical (unpaired) electrons. The average Bonchev–Trinajstić information content (AvgIpc) is 2.75. The van der Waals surface area contributed by atoms with Gasteiger partial charge in [-0.05, 0) is 18.9 Å². The number of aliphatic imine (C=N–C) groups is 1. The number of nitrogens with zero attached hydrogens (tertiary/aromatic N) is 1. The zero-order valence-corrected chi connectivity index (χ0v) is 13.4. The maximum absolute atomic E-state index is 11.2.